The van der Waals surface area contributed by atoms with E-state index in [1.165, 1.54) is 22.9 Å². The summed E-state index contributed by atoms with van der Waals surface area (Å²) in [5, 5.41) is 5.37. The monoisotopic (exact) mass is 844 g/mol. The first kappa shape index (κ1) is 43.6. The Morgan fingerprint density at radius 2 is 1.78 bits per heavy atom. The highest BCUT2D eigenvalue weighted by atomic mass is 32.2. The van der Waals surface area contributed by atoms with Crippen molar-refractivity contribution in [2.75, 3.05) is 27.2 Å². The van der Waals surface area contributed by atoms with Crippen LogP contribution < -0.4 is 24.8 Å². The van der Waals surface area contributed by atoms with Crippen LogP contribution in [0.25, 0.3) is 22.2 Å². The van der Waals surface area contributed by atoms with E-state index < -0.39 is 80.2 Å². The molecule has 2 saturated carbocycles. The Morgan fingerprint density at radius 3 is 2.40 bits per heavy atom. The lowest BCUT2D eigenvalue weighted by atomic mass is 10.1. The summed E-state index contributed by atoms with van der Waals surface area (Å²) in [4.78, 5) is 75.9. The molecule has 5 amide bonds. The summed E-state index contributed by atoms with van der Waals surface area (Å²) in [7, 11) is -0.886. The molecule has 5 unspecified atom stereocenters. The van der Waals surface area contributed by atoms with E-state index >= 15 is 0 Å². The standard InChI is InChI=1S/C43H52N6O10S/c1-8-27-24-43(27,40(53)47-60(55,56)30-16-17-30)46-38(51)35-22-29(25-49(35)39(52)32(19-20-48(6)37(50)9-2)45-41(54)59-42(3,4)5)58-36-23-33(26-13-11-10-12-14-26)44-34-21-28(57-7)15-18-31(34)36/h8-15,18,21,23,27,29-30,32,35H,1-2,16-17,19-20,22,24-25H2,3-7H3,(H,45,54)(H,46,51)(H,47,53). The van der Waals surface area contributed by atoms with Crippen LogP contribution in [0.5, 0.6) is 11.5 Å². The Hall–Kier alpha value is -5.97. The molecular formula is C43H52N6O10S. The highest BCUT2D eigenvalue weighted by Crippen LogP contribution is 2.45. The van der Waals surface area contributed by atoms with E-state index in [9.17, 15) is 32.4 Å². The molecular weight excluding hydrogens is 793 g/mol. The normalized spacial score (nSPS) is 21.6. The van der Waals surface area contributed by atoms with Gasteiger partial charge in [-0.2, -0.15) is 0 Å². The average Bonchev–Trinajstić information content (AvgIpc) is 4.14. The van der Waals surface area contributed by atoms with Gasteiger partial charge < -0.3 is 34.6 Å². The molecule has 2 aromatic carbocycles. The fourth-order valence-corrected chi connectivity index (χ4v) is 8.59. The number of amides is 5. The Labute approximate surface area is 349 Å². The third-order valence-corrected chi connectivity index (χ3v) is 12.6. The predicted octanol–water partition coefficient (Wildman–Crippen LogP) is 3.86. The van der Waals surface area contributed by atoms with Gasteiger partial charge in [0.05, 0.1) is 30.1 Å². The second kappa shape index (κ2) is 17.3. The van der Waals surface area contributed by atoms with Crippen LogP contribution in [0.2, 0.25) is 0 Å². The van der Waals surface area contributed by atoms with Gasteiger partial charge >= 0.3 is 6.09 Å². The minimum absolute atomic E-state index is 0.0240. The number of ether oxygens (including phenoxy) is 3. The summed E-state index contributed by atoms with van der Waals surface area (Å²) in [6.07, 6.45) is 1.74. The third kappa shape index (κ3) is 9.89. The molecule has 2 aliphatic carbocycles. The number of rotatable bonds is 16. The Bertz CT molecular complexity index is 2290. The number of hydrogen-bond acceptors (Lipinski definition) is 11. The fourth-order valence-electron chi connectivity index (χ4n) is 7.23. The molecule has 0 bridgehead atoms. The molecule has 3 aromatic rings. The number of benzene rings is 2. The third-order valence-electron chi connectivity index (χ3n) is 10.7. The first-order valence-electron chi connectivity index (χ1n) is 19.8. The van der Waals surface area contributed by atoms with Gasteiger partial charge in [0.15, 0.2) is 0 Å². The lowest BCUT2D eigenvalue weighted by Gasteiger charge is -2.31. The van der Waals surface area contributed by atoms with Gasteiger partial charge in [-0.25, -0.2) is 18.2 Å². The molecule has 1 aromatic heterocycles. The van der Waals surface area contributed by atoms with E-state index in [2.05, 4.69) is 28.5 Å². The van der Waals surface area contributed by atoms with Crippen LogP contribution in [-0.2, 0) is 33.9 Å². The van der Waals surface area contributed by atoms with Crippen molar-refractivity contribution in [2.24, 2.45) is 5.92 Å². The Morgan fingerprint density at radius 1 is 1.07 bits per heavy atom. The number of likely N-dealkylation sites (N-methyl/N-ethyl adjacent to an activating group) is 1. The maximum Gasteiger partial charge on any atom is 0.408 e. The van der Waals surface area contributed by atoms with Gasteiger partial charge in [0.1, 0.15) is 40.8 Å². The zero-order valence-corrected chi connectivity index (χ0v) is 35.3. The second-order valence-electron chi connectivity index (χ2n) is 16.4. The van der Waals surface area contributed by atoms with Crippen molar-refractivity contribution < 1.29 is 46.6 Å². The minimum Gasteiger partial charge on any atom is -0.497 e. The van der Waals surface area contributed by atoms with Crippen LogP contribution >= 0.6 is 0 Å². The van der Waals surface area contributed by atoms with Crippen LogP contribution in [-0.4, -0.2) is 115 Å². The Kier molecular flexibility index (Phi) is 12.6. The quantitative estimate of drug-likeness (QED) is 0.140. The van der Waals surface area contributed by atoms with Crippen molar-refractivity contribution in [1.29, 1.82) is 0 Å². The number of carbonyl (C=O) groups is 5. The van der Waals surface area contributed by atoms with Gasteiger partial charge in [-0.3, -0.25) is 23.9 Å². The van der Waals surface area contributed by atoms with E-state index in [4.69, 9.17) is 19.2 Å². The van der Waals surface area contributed by atoms with Gasteiger partial charge in [-0.15, -0.1) is 6.58 Å². The van der Waals surface area contributed by atoms with E-state index in [0.717, 1.165) is 11.6 Å². The molecule has 0 radical (unpaired) electrons. The van der Waals surface area contributed by atoms with Crippen LogP contribution in [0.3, 0.4) is 0 Å². The molecule has 3 N–H and O–H groups in total. The molecule has 2 heterocycles. The van der Waals surface area contributed by atoms with Crippen molar-refractivity contribution in [1.82, 2.24) is 30.1 Å². The summed E-state index contributed by atoms with van der Waals surface area (Å²) < 4.78 is 45.4. The van der Waals surface area contributed by atoms with Crippen molar-refractivity contribution >= 4 is 50.6 Å². The number of fused-ring (bicyclic) bond motifs is 1. The smallest absolute Gasteiger partial charge is 0.408 e. The highest BCUT2D eigenvalue weighted by Gasteiger charge is 2.62. The van der Waals surface area contributed by atoms with Gasteiger partial charge in [0, 0.05) is 49.0 Å². The van der Waals surface area contributed by atoms with Crippen molar-refractivity contribution in [3.05, 3.63) is 79.9 Å². The fraction of sp³-hybridized carbons (Fsp3) is 0.442. The summed E-state index contributed by atoms with van der Waals surface area (Å²) in [5.74, 6) is -2.29. The predicted molar refractivity (Wildman–Crippen MR) is 223 cm³/mol. The lowest BCUT2D eigenvalue weighted by molar-refractivity contribution is -0.141. The van der Waals surface area contributed by atoms with Gasteiger partial charge in [0.25, 0.3) is 5.91 Å². The molecule has 16 nitrogen and oxygen atoms in total. The van der Waals surface area contributed by atoms with E-state index in [0.29, 0.717) is 40.9 Å². The number of likely N-dealkylation sites (tertiary alicyclic amines) is 1. The maximum absolute atomic E-state index is 14.7. The largest absolute Gasteiger partial charge is 0.497 e. The molecule has 6 rings (SSSR count). The summed E-state index contributed by atoms with van der Waals surface area (Å²) in [6.45, 7) is 12.2. The van der Waals surface area contributed by atoms with E-state index in [-0.39, 0.29) is 32.4 Å². The zero-order chi connectivity index (χ0) is 43.6. The van der Waals surface area contributed by atoms with Gasteiger partial charge in [-0.1, -0.05) is 43.0 Å². The summed E-state index contributed by atoms with van der Waals surface area (Å²) in [6, 6.07) is 14.0. The number of alkyl carbamates (subject to hydrolysis) is 1. The number of methoxy groups -OCH3 is 1. The molecule has 0 spiro atoms. The molecule has 5 atom stereocenters. The van der Waals surface area contributed by atoms with E-state index in [1.807, 2.05) is 30.3 Å². The summed E-state index contributed by atoms with van der Waals surface area (Å²) >= 11 is 0. The highest BCUT2D eigenvalue weighted by molar-refractivity contribution is 7.91. The molecule has 3 aliphatic rings. The molecule has 1 aliphatic heterocycles. The number of carbonyl (C=O) groups excluding carboxylic acids is 5. The molecule has 1 saturated heterocycles. The second-order valence-corrected chi connectivity index (χ2v) is 18.3. The van der Waals surface area contributed by atoms with Gasteiger partial charge in [-0.05, 0) is 64.7 Å². The molecule has 3 fully saturated rings. The molecule has 60 heavy (non-hydrogen) atoms. The number of hydrogen-bond donors (Lipinski definition) is 3. The number of sulfonamides is 1. The van der Waals surface area contributed by atoms with Crippen LogP contribution in [0.4, 0.5) is 4.79 Å². The van der Waals surface area contributed by atoms with Gasteiger partial charge in [0.2, 0.25) is 27.7 Å². The average molecular weight is 845 g/mol. The number of pyridine rings is 1. The first-order valence-corrected chi connectivity index (χ1v) is 21.3. The number of nitrogens with one attached hydrogen (secondary N) is 3. The topological polar surface area (TPSA) is 203 Å². The SMILES string of the molecule is C=CC(=O)N(C)CCC(NC(=O)OC(C)(C)C)C(=O)N1CC(Oc2cc(-c3ccccc3)nc3cc(OC)ccc23)CC1C(=O)NC1(C(=O)NS(=O)(=O)C2CC2)CC1C=C. The first-order chi connectivity index (χ1) is 28.4. The molecule has 17 heteroatoms. The lowest BCUT2D eigenvalue weighted by Crippen LogP contribution is -2.58. The van der Waals surface area contributed by atoms with Crippen molar-refractivity contribution in [2.45, 2.75) is 87.5 Å². The number of nitrogens with zero attached hydrogens (tertiary/aromatic N) is 3. The van der Waals surface area contributed by atoms with Crippen LogP contribution in [0.1, 0.15) is 52.9 Å². The van der Waals surface area contributed by atoms with Crippen LogP contribution in [0, 0.1) is 5.92 Å². The molecule has 320 valence electrons. The van der Waals surface area contributed by atoms with Crippen LogP contribution in [0.15, 0.2) is 79.9 Å². The van der Waals surface area contributed by atoms with Crippen molar-refractivity contribution in [3.8, 4) is 22.8 Å². The number of aromatic nitrogens is 1. The maximum atomic E-state index is 14.7. The zero-order valence-electron chi connectivity index (χ0n) is 34.4. The van der Waals surface area contributed by atoms with E-state index in [1.54, 1.807) is 52.1 Å². The minimum atomic E-state index is -3.96. The van der Waals surface area contributed by atoms with Crippen molar-refractivity contribution in [3.63, 3.8) is 0 Å². The Balaban J connectivity index is 1.35. The summed E-state index contributed by atoms with van der Waals surface area (Å²) in [5.41, 5.74) is -0.543.